The van der Waals surface area contributed by atoms with Gasteiger partial charge < -0.3 is 5.73 Å². The molecule has 0 spiro atoms. The van der Waals surface area contributed by atoms with Crippen LogP contribution in [-0.4, -0.2) is 25.8 Å². The quantitative estimate of drug-likeness (QED) is 0.860. The van der Waals surface area contributed by atoms with E-state index in [1.54, 1.807) is 10.4 Å². The summed E-state index contributed by atoms with van der Waals surface area (Å²) >= 11 is 6.14. The van der Waals surface area contributed by atoms with Crippen molar-refractivity contribution in [2.24, 2.45) is 5.41 Å². The third-order valence-corrected chi connectivity index (χ3v) is 7.15. The van der Waals surface area contributed by atoms with E-state index in [-0.39, 0.29) is 15.3 Å². The van der Waals surface area contributed by atoms with E-state index in [1.807, 2.05) is 6.92 Å². The van der Waals surface area contributed by atoms with Gasteiger partial charge in [-0.2, -0.15) is 4.31 Å². The molecule has 1 fully saturated rings. The number of hydrogen-bond acceptors (Lipinski definition) is 3. The maximum Gasteiger partial charge on any atom is 0.244 e. The molecule has 2 rings (SSSR count). The molecule has 0 radical (unpaired) electrons. The summed E-state index contributed by atoms with van der Waals surface area (Å²) in [5.41, 5.74) is 7.18. The Morgan fingerprint density at radius 2 is 1.95 bits per heavy atom. The SMILES string of the molecule is CCC1(CC)CCN(S(=O)(=O)c2cc(N)c(C)cc2Cl)C1. The minimum Gasteiger partial charge on any atom is -0.398 e. The number of nitrogens with two attached hydrogens (primary N) is 1. The van der Waals surface area contributed by atoms with Gasteiger partial charge in [0.05, 0.1) is 5.02 Å². The van der Waals surface area contributed by atoms with Gasteiger partial charge >= 0.3 is 0 Å². The van der Waals surface area contributed by atoms with Gasteiger partial charge in [-0.25, -0.2) is 8.42 Å². The third kappa shape index (κ3) is 2.91. The number of halogens is 1. The van der Waals surface area contributed by atoms with Gasteiger partial charge in [-0.3, -0.25) is 0 Å². The zero-order valence-electron chi connectivity index (χ0n) is 12.8. The van der Waals surface area contributed by atoms with Crippen LogP contribution in [0.3, 0.4) is 0 Å². The van der Waals surface area contributed by atoms with E-state index in [0.717, 1.165) is 24.8 Å². The van der Waals surface area contributed by atoms with E-state index in [4.69, 9.17) is 17.3 Å². The van der Waals surface area contributed by atoms with Crippen LogP contribution in [0.2, 0.25) is 5.02 Å². The summed E-state index contributed by atoms with van der Waals surface area (Å²) in [6.45, 7) is 7.17. The molecule has 1 aromatic rings. The van der Waals surface area contributed by atoms with E-state index in [2.05, 4.69) is 13.8 Å². The average molecular weight is 331 g/mol. The number of benzene rings is 1. The second kappa shape index (κ2) is 5.78. The normalized spacial score (nSPS) is 19.0. The first-order chi connectivity index (χ1) is 9.75. The van der Waals surface area contributed by atoms with Crippen molar-refractivity contribution in [2.45, 2.75) is 44.9 Å². The molecule has 0 aliphatic carbocycles. The van der Waals surface area contributed by atoms with Crippen LogP contribution in [0.5, 0.6) is 0 Å². The molecule has 0 unspecified atom stereocenters. The predicted molar refractivity (Wildman–Crippen MR) is 87.0 cm³/mol. The predicted octanol–water partition coefficient (Wildman–Crippen LogP) is 3.43. The average Bonchev–Trinajstić information content (AvgIpc) is 2.88. The van der Waals surface area contributed by atoms with Crippen LogP contribution in [0.25, 0.3) is 0 Å². The maximum absolute atomic E-state index is 12.8. The molecule has 0 aromatic heterocycles. The lowest BCUT2D eigenvalue weighted by atomic mass is 9.82. The molecule has 0 amide bonds. The second-order valence-electron chi connectivity index (χ2n) is 5.93. The topological polar surface area (TPSA) is 63.4 Å². The summed E-state index contributed by atoms with van der Waals surface area (Å²) in [6.07, 6.45) is 2.87. The monoisotopic (exact) mass is 330 g/mol. The molecule has 1 aromatic carbocycles. The first-order valence-electron chi connectivity index (χ1n) is 7.31. The fourth-order valence-electron chi connectivity index (χ4n) is 2.93. The molecule has 0 atom stereocenters. The van der Waals surface area contributed by atoms with Crippen molar-refractivity contribution in [3.8, 4) is 0 Å². The van der Waals surface area contributed by atoms with E-state index >= 15 is 0 Å². The van der Waals surface area contributed by atoms with Crippen LogP contribution in [0, 0.1) is 12.3 Å². The van der Waals surface area contributed by atoms with E-state index < -0.39 is 10.0 Å². The minimum absolute atomic E-state index is 0.0930. The van der Waals surface area contributed by atoms with Crippen molar-refractivity contribution >= 4 is 27.3 Å². The standard InChI is InChI=1S/C15H23ClN2O2S/c1-4-15(5-2)6-7-18(10-15)21(19,20)14-9-13(17)11(3)8-12(14)16/h8-9H,4-7,10,17H2,1-3H3. The largest absolute Gasteiger partial charge is 0.398 e. The summed E-state index contributed by atoms with van der Waals surface area (Å²) in [5, 5.41) is 0.243. The highest BCUT2D eigenvalue weighted by molar-refractivity contribution is 7.89. The number of rotatable bonds is 4. The molecular weight excluding hydrogens is 308 g/mol. The molecular formula is C15H23ClN2O2S. The third-order valence-electron chi connectivity index (χ3n) is 4.84. The Balaban J connectivity index is 2.38. The van der Waals surface area contributed by atoms with Gasteiger partial charge in [-0.1, -0.05) is 25.4 Å². The molecule has 2 N–H and O–H groups in total. The van der Waals surface area contributed by atoms with Crippen LogP contribution in [-0.2, 0) is 10.0 Å². The Bertz CT molecular complexity index is 639. The Morgan fingerprint density at radius 1 is 1.33 bits per heavy atom. The van der Waals surface area contributed by atoms with Crippen LogP contribution >= 0.6 is 11.6 Å². The molecule has 0 bridgehead atoms. The lowest BCUT2D eigenvalue weighted by Crippen LogP contribution is -2.32. The van der Waals surface area contributed by atoms with Gasteiger partial charge in [-0.15, -0.1) is 0 Å². The number of nitrogens with zero attached hydrogens (tertiary/aromatic N) is 1. The number of hydrogen-bond donors (Lipinski definition) is 1. The molecule has 1 heterocycles. The molecule has 1 aliphatic heterocycles. The molecule has 21 heavy (non-hydrogen) atoms. The molecule has 6 heteroatoms. The van der Waals surface area contributed by atoms with Crippen molar-refractivity contribution in [3.63, 3.8) is 0 Å². The van der Waals surface area contributed by atoms with Gasteiger partial charge in [0.2, 0.25) is 10.0 Å². The fraction of sp³-hybridized carbons (Fsp3) is 0.600. The smallest absolute Gasteiger partial charge is 0.244 e. The van der Waals surface area contributed by atoms with Crippen LogP contribution in [0.4, 0.5) is 5.69 Å². The van der Waals surface area contributed by atoms with Crippen LogP contribution in [0.1, 0.15) is 38.7 Å². The summed E-state index contributed by atoms with van der Waals surface area (Å²) < 4.78 is 27.2. The van der Waals surface area contributed by atoms with E-state index in [1.165, 1.54) is 6.07 Å². The van der Waals surface area contributed by atoms with Crippen molar-refractivity contribution in [1.82, 2.24) is 4.31 Å². The van der Waals surface area contributed by atoms with Crippen molar-refractivity contribution in [1.29, 1.82) is 0 Å². The Labute approximate surface area is 132 Å². The number of sulfonamides is 1. The molecule has 4 nitrogen and oxygen atoms in total. The highest BCUT2D eigenvalue weighted by atomic mass is 35.5. The minimum atomic E-state index is -3.58. The molecule has 118 valence electrons. The van der Waals surface area contributed by atoms with E-state index in [9.17, 15) is 8.42 Å². The first-order valence-corrected chi connectivity index (χ1v) is 9.13. The van der Waals surface area contributed by atoms with Crippen LogP contribution in [0.15, 0.2) is 17.0 Å². The summed E-state index contributed by atoms with van der Waals surface area (Å²) in [7, 11) is -3.58. The first kappa shape index (κ1) is 16.6. The highest BCUT2D eigenvalue weighted by Gasteiger charge is 2.41. The van der Waals surface area contributed by atoms with Gasteiger partial charge in [0.25, 0.3) is 0 Å². The zero-order chi connectivity index (χ0) is 15.8. The van der Waals surface area contributed by atoms with Gasteiger partial charge in [0.1, 0.15) is 4.90 Å². The van der Waals surface area contributed by atoms with Crippen LogP contribution < -0.4 is 5.73 Å². The van der Waals surface area contributed by atoms with Crippen molar-refractivity contribution in [3.05, 3.63) is 22.7 Å². The second-order valence-corrected chi connectivity index (χ2v) is 8.25. The number of nitrogen functional groups attached to an aromatic ring is 1. The lowest BCUT2D eigenvalue weighted by molar-refractivity contribution is 0.279. The number of aryl methyl sites for hydroxylation is 1. The Kier molecular flexibility index (Phi) is 4.57. The summed E-state index contributed by atoms with van der Waals surface area (Å²) in [5.74, 6) is 0. The Hall–Kier alpha value is -0.780. The van der Waals surface area contributed by atoms with Gasteiger partial charge in [0.15, 0.2) is 0 Å². The molecule has 1 aliphatic rings. The lowest BCUT2D eigenvalue weighted by Gasteiger charge is -2.26. The molecule has 0 saturated carbocycles. The summed E-state index contributed by atoms with van der Waals surface area (Å²) in [4.78, 5) is 0.121. The van der Waals surface area contributed by atoms with Crippen molar-refractivity contribution < 1.29 is 8.42 Å². The van der Waals surface area contributed by atoms with Gasteiger partial charge in [0, 0.05) is 18.8 Å². The summed E-state index contributed by atoms with van der Waals surface area (Å²) in [6, 6.07) is 3.09. The highest BCUT2D eigenvalue weighted by Crippen LogP contribution is 2.40. The maximum atomic E-state index is 12.8. The number of anilines is 1. The van der Waals surface area contributed by atoms with Gasteiger partial charge in [-0.05, 0) is 49.3 Å². The van der Waals surface area contributed by atoms with Crippen molar-refractivity contribution in [2.75, 3.05) is 18.8 Å². The molecule has 1 saturated heterocycles. The van der Waals surface area contributed by atoms with E-state index in [0.29, 0.717) is 18.8 Å². The fourth-order valence-corrected chi connectivity index (χ4v) is 5.08. The Morgan fingerprint density at radius 3 is 2.48 bits per heavy atom. The zero-order valence-corrected chi connectivity index (χ0v) is 14.4.